The summed E-state index contributed by atoms with van der Waals surface area (Å²) in [5.74, 6) is 0. The normalized spacial score (nSPS) is 22.1. The Hall–Kier alpha value is -1.66. The van der Waals surface area contributed by atoms with Crippen molar-refractivity contribution in [1.82, 2.24) is 0 Å². The Bertz CT molecular complexity index is 791. The second kappa shape index (κ2) is 9.65. The fourth-order valence-corrected chi connectivity index (χ4v) is 4.34. The van der Waals surface area contributed by atoms with E-state index >= 15 is 0 Å². The van der Waals surface area contributed by atoms with Crippen molar-refractivity contribution in [3.8, 4) is 0 Å². The smallest absolute Gasteiger partial charge is 0.412 e. The Labute approximate surface area is 189 Å². The summed E-state index contributed by atoms with van der Waals surface area (Å²) in [6.07, 6.45) is 3.11. The van der Waals surface area contributed by atoms with E-state index in [-0.39, 0.29) is 23.8 Å². The van der Waals surface area contributed by atoms with Crippen LogP contribution in [0.15, 0.2) is 12.1 Å². The third kappa shape index (κ3) is 6.17. The van der Waals surface area contributed by atoms with E-state index in [0.29, 0.717) is 6.54 Å². The highest BCUT2D eigenvalue weighted by Gasteiger charge is 2.30. The number of nitrogens with one attached hydrogen (secondary N) is 1. The summed E-state index contributed by atoms with van der Waals surface area (Å²) in [7, 11) is 0. The Morgan fingerprint density at radius 1 is 1.33 bits per heavy atom. The van der Waals surface area contributed by atoms with E-state index in [1.165, 1.54) is 6.07 Å². The lowest BCUT2D eigenvalue weighted by Crippen LogP contribution is -2.30. The summed E-state index contributed by atoms with van der Waals surface area (Å²) in [6.45, 7) is 7.37. The zero-order chi connectivity index (χ0) is 21.9. The van der Waals surface area contributed by atoms with Crippen LogP contribution in [0.25, 0.3) is 0 Å². The van der Waals surface area contributed by atoms with Gasteiger partial charge in [-0.1, -0.05) is 0 Å². The average molecular weight is 533 g/mol. The molecule has 3 rings (SSSR count). The molecule has 2 atom stereocenters. The van der Waals surface area contributed by atoms with E-state index in [4.69, 9.17) is 14.2 Å². The predicted molar refractivity (Wildman–Crippen MR) is 121 cm³/mol. The first kappa shape index (κ1) is 23.0. The van der Waals surface area contributed by atoms with Crippen molar-refractivity contribution in [2.24, 2.45) is 0 Å². The molecule has 2 fully saturated rings. The molecule has 0 aromatic heterocycles. The van der Waals surface area contributed by atoms with E-state index in [1.807, 2.05) is 0 Å². The fraction of sp³-hybridized carbons (Fsp3) is 0.650. The lowest BCUT2D eigenvalue weighted by Gasteiger charge is -2.26. The molecular weight excluding hydrogens is 505 g/mol. The van der Waals surface area contributed by atoms with Crippen molar-refractivity contribution in [1.29, 1.82) is 0 Å². The number of carbonyl (C=O) groups excluding carboxylic acids is 1. The Morgan fingerprint density at radius 3 is 2.73 bits per heavy atom. The van der Waals surface area contributed by atoms with Crippen LogP contribution in [0.5, 0.6) is 0 Å². The van der Waals surface area contributed by atoms with Crippen molar-refractivity contribution in [2.75, 3.05) is 29.9 Å². The molecule has 1 amide bonds. The summed E-state index contributed by atoms with van der Waals surface area (Å²) in [5, 5.41) is 14.0. The lowest BCUT2D eigenvalue weighted by atomic mass is 10.2. The molecule has 0 aliphatic carbocycles. The minimum atomic E-state index is -0.727. The van der Waals surface area contributed by atoms with Gasteiger partial charge in [-0.3, -0.25) is 15.4 Å². The molecule has 2 heterocycles. The van der Waals surface area contributed by atoms with Gasteiger partial charge in [-0.2, -0.15) is 0 Å². The minimum absolute atomic E-state index is 0.0429. The van der Waals surface area contributed by atoms with Crippen molar-refractivity contribution >= 4 is 45.7 Å². The molecule has 2 saturated heterocycles. The highest BCUT2D eigenvalue weighted by Crippen LogP contribution is 2.36. The van der Waals surface area contributed by atoms with Crippen LogP contribution in [0, 0.1) is 13.7 Å². The van der Waals surface area contributed by atoms with Gasteiger partial charge in [0.15, 0.2) is 6.29 Å². The van der Waals surface area contributed by atoms with Crippen LogP contribution in [0.4, 0.5) is 21.9 Å². The van der Waals surface area contributed by atoms with Crippen LogP contribution >= 0.6 is 22.6 Å². The van der Waals surface area contributed by atoms with E-state index in [1.54, 1.807) is 26.8 Å². The van der Waals surface area contributed by atoms with Gasteiger partial charge in [-0.15, -0.1) is 0 Å². The Kier molecular flexibility index (Phi) is 7.40. The molecule has 1 N–H and O–H groups in total. The molecule has 2 aliphatic rings. The topological polar surface area (TPSA) is 103 Å². The summed E-state index contributed by atoms with van der Waals surface area (Å²) in [5.41, 5.74) is 0.0650. The van der Waals surface area contributed by atoms with Crippen LogP contribution in [-0.4, -0.2) is 48.7 Å². The van der Waals surface area contributed by atoms with Crippen LogP contribution in [-0.2, 0) is 14.2 Å². The molecule has 1 unspecified atom stereocenters. The van der Waals surface area contributed by atoms with Crippen LogP contribution in [0.2, 0.25) is 0 Å². The maximum Gasteiger partial charge on any atom is 0.412 e. The molecule has 2 aliphatic heterocycles. The van der Waals surface area contributed by atoms with Gasteiger partial charge in [0, 0.05) is 29.3 Å². The zero-order valence-corrected chi connectivity index (χ0v) is 19.6. The predicted octanol–water partition coefficient (Wildman–Crippen LogP) is 4.67. The van der Waals surface area contributed by atoms with Gasteiger partial charge in [-0.25, -0.2) is 4.79 Å². The molecule has 10 heteroatoms. The van der Waals surface area contributed by atoms with Gasteiger partial charge in [-0.05, 0) is 75.1 Å². The molecule has 0 saturated carbocycles. The van der Waals surface area contributed by atoms with Crippen LogP contribution in [0.1, 0.15) is 46.5 Å². The second-order valence-corrected chi connectivity index (χ2v) is 9.66. The van der Waals surface area contributed by atoms with Gasteiger partial charge in [0.05, 0.1) is 16.7 Å². The fourth-order valence-electron chi connectivity index (χ4n) is 3.55. The summed E-state index contributed by atoms with van der Waals surface area (Å²) in [4.78, 5) is 25.3. The van der Waals surface area contributed by atoms with E-state index in [9.17, 15) is 14.9 Å². The van der Waals surface area contributed by atoms with E-state index in [0.717, 1.165) is 48.1 Å². The van der Waals surface area contributed by atoms with Crippen molar-refractivity contribution in [3.05, 3.63) is 25.8 Å². The van der Waals surface area contributed by atoms with Gasteiger partial charge >= 0.3 is 6.09 Å². The SMILES string of the molecule is CC(C)(C)OC(=O)Nc1cc(N2CC[C@@H](OC3CCCCO3)C2)c(I)cc1[N+](=O)[O-]. The Balaban J connectivity index is 1.74. The first-order chi connectivity index (χ1) is 14.1. The van der Waals surface area contributed by atoms with Crippen LogP contribution < -0.4 is 10.2 Å². The number of rotatable bonds is 5. The number of amides is 1. The first-order valence-corrected chi connectivity index (χ1v) is 11.2. The zero-order valence-electron chi connectivity index (χ0n) is 17.5. The molecule has 0 radical (unpaired) electrons. The summed E-state index contributed by atoms with van der Waals surface area (Å²) >= 11 is 2.09. The summed E-state index contributed by atoms with van der Waals surface area (Å²) < 4.78 is 17.8. The second-order valence-electron chi connectivity index (χ2n) is 8.49. The highest BCUT2D eigenvalue weighted by atomic mass is 127. The number of anilines is 2. The molecule has 30 heavy (non-hydrogen) atoms. The molecule has 166 valence electrons. The molecule has 1 aromatic rings. The number of hydrogen-bond donors (Lipinski definition) is 1. The van der Waals surface area contributed by atoms with Crippen molar-refractivity contribution < 1.29 is 23.9 Å². The Morgan fingerprint density at radius 2 is 2.10 bits per heavy atom. The van der Waals surface area contributed by atoms with Crippen LogP contribution in [0.3, 0.4) is 0 Å². The number of benzene rings is 1. The monoisotopic (exact) mass is 533 g/mol. The molecule has 9 nitrogen and oxygen atoms in total. The summed E-state index contributed by atoms with van der Waals surface area (Å²) in [6, 6.07) is 3.12. The third-order valence-electron chi connectivity index (χ3n) is 4.87. The average Bonchev–Trinajstić information content (AvgIpc) is 3.10. The molecule has 0 bridgehead atoms. The van der Waals surface area contributed by atoms with Crippen molar-refractivity contribution in [3.63, 3.8) is 0 Å². The highest BCUT2D eigenvalue weighted by molar-refractivity contribution is 14.1. The standard InChI is InChI=1S/C20H28IN3O6/c1-20(2,3)30-19(25)22-15-11-16(14(21)10-17(15)24(26)27)23-8-7-13(12-23)29-18-6-4-5-9-28-18/h10-11,13,18H,4-9,12H2,1-3H3,(H,22,25)/t13-,18?/m1/s1. The maximum absolute atomic E-state index is 12.2. The molecule has 1 aromatic carbocycles. The maximum atomic E-state index is 12.2. The number of ether oxygens (including phenoxy) is 3. The third-order valence-corrected chi connectivity index (χ3v) is 5.73. The number of nitrogens with zero attached hydrogens (tertiary/aromatic N) is 2. The largest absolute Gasteiger partial charge is 0.444 e. The number of nitro groups is 1. The number of halogens is 1. The van der Waals surface area contributed by atoms with Gasteiger partial charge < -0.3 is 19.1 Å². The quantitative estimate of drug-likeness (QED) is 0.334. The van der Waals surface area contributed by atoms with Gasteiger partial charge in [0.2, 0.25) is 0 Å². The first-order valence-electron chi connectivity index (χ1n) is 10.1. The van der Waals surface area contributed by atoms with E-state index < -0.39 is 16.6 Å². The lowest BCUT2D eigenvalue weighted by molar-refractivity contribution is -0.384. The van der Waals surface area contributed by atoms with Crippen molar-refractivity contribution in [2.45, 2.75) is 64.4 Å². The van der Waals surface area contributed by atoms with Gasteiger partial charge in [0.25, 0.3) is 5.69 Å². The molecular formula is C20H28IN3O6. The number of carbonyl (C=O) groups is 1. The molecule has 0 spiro atoms. The van der Waals surface area contributed by atoms with E-state index in [2.05, 4.69) is 32.8 Å². The number of nitro benzene ring substituents is 1. The number of hydrogen-bond acceptors (Lipinski definition) is 7. The minimum Gasteiger partial charge on any atom is -0.444 e. The van der Waals surface area contributed by atoms with Gasteiger partial charge in [0.1, 0.15) is 11.3 Å².